The SMILES string of the molecule is [CH2-]OC1C2CC3C(=O)OC1C3C2.[Sc]. The van der Waals surface area contributed by atoms with Crippen molar-refractivity contribution in [1.82, 2.24) is 0 Å². The van der Waals surface area contributed by atoms with Crippen molar-refractivity contribution in [2.45, 2.75) is 25.0 Å². The molecular weight excluding hydrogens is 201 g/mol. The first-order valence-corrected chi connectivity index (χ1v) is 4.42. The number of hydrogen-bond donors (Lipinski definition) is 0. The van der Waals surface area contributed by atoms with Gasteiger partial charge in [0.05, 0.1) is 12.0 Å². The average molecular weight is 212 g/mol. The van der Waals surface area contributed by atoms with Gasteiger partial charge in [0.15, 0.2) is 0 Å². The van der Waals surface area contributed by atoms with Crippen molar-refractivity contribution in [3.63, 3.8) is 0 Å². The molecule has 0 aromatic carbocycles. The Balaban J connectivity index is 0.000000653. The molecule has 1 radical (unpaired) electrons. The van der Waals surface area contributed by atoms with Crippen LogP contribution in [0.2, 0.25) is 0 Å². The van der Waals surface area contributed by atoms with Crippen molar-refractivity contribution >= 4 is 5.97 Å². The molecular formula is C9H11O3Sc-. The van der Waals surface area contributed by atoms with Crippen LogP contribution in [0.3, 0.4) is 0 Å². The summed E-state index contributed by atoms with van der Waals surface area (Å²) >= 11 is 0. The van der Waals surface area contributed by atoms with Crippen LogP contribution in [0.5, 0.6) is 0 Å². The number of esters is 1. The summed E-state index contributed by atoms with van der Waals surface area (Å²) in [7, 11) is 3.44. The molecule has 0 aromatic heterocycles. The van der Waals surface area contributed by atoms with E-state index in [2.05, 4.69) is 7.11 Å². The van der Waals surface area contributed by atoms with E-state index in [4.69, 9.17) is 9.47 Å². The maximum Gasteiger partial charge on any atom is 0.309 e. The maximum absolute atomic E-state index is 11.3. The first-order chi connectivity index (χ1) is 5.81. The zero-order valence-corrected chi connectivity index (χ0v) is 9.11. The molecule has 5 unspecified atom stereocenters. The minimum atomic E-state index is -0.00736. The Morgan fingerprint density at radius 3 is 2.92 bits per heavy atom. The molecule has 0 spiro atoms. The second-order valence-electron chi connectivity index (χ2n) is 4.03. The minimum absolute atomic E-state index is 0. The van der Waals surface area contributed by atoms with E-state index in [1.54, 1.807) is 0 Å². The van der Waals surface area contributed by atoms with E-state index in [1.165, 1.54) is 0 Å². The standard InChI is InChI=1S/C9H11O3.Sc/c1-11-7-4-2-5-6(3-4)9(10)12-8(5)7;/h4-8H,1-3H2;/q-1;. The fourth-order valence-corrected chi connectivity index (χ4v) is 3.13. The number of carbonyl (C=O) groups is 1. The molecule has 2 saturated carbocycles. The number of carbonyl (C=O) groups excluding carboxylic acids is 1. The van der Waals surface area contributed by atoms with Crippen LogP contribution in [0, 0.1) is 24.9 Å². The first-order valence-electron chi connectivity index (χ1n) is 4.42. The largest absolute Gasteiger partial charge is 0.550 e. The van der Waals surface area contributed by atoms with Gasteiger partial charge in [-0.1, -0.05) is 0 Å². The van der Waals surface area contributed by atoms with Crippen LogP contribution in [-0.4, -0.2) is 18.2 Å². The normalized spacial score (nSPS) is 50.5. The zero-order chi connectivity index (χ0) is 8.29. The molecule has 3 aliphatic rings. The second kappa shape index (κ2) is 3.16. The molecule has 2 bridgehead atoms. The molecule has 0 N–H and O–H groups in total. The summed E-state index contributed by atoms with van der Waals surface area (Å²) in [4.78, 5) is 11.3. The van der Waals surface area contributed by atoms with Crippen molar-refractivity contribution in [3.05, 3.63) is 7.11 Å². The van der Waals surface area contributed by atoms with Gasteiger partial charge in [-0.15, -0.1) is 0 Å². The predicted octanol–water partition coefficient (Wildman–Crippen LogP) is 0.742. The van der Waals surface area contributed by atoms with E-state index in [9.17, 15) is 4.79 Å². The van der Waals surface area contributed by atoms with E-state index in [0.717, 1.165) is 12.8 Å². The van der Waals surface area contributed by atoms with Gasteiger partial charge in [-0.25, -0.2) is 7.11 Å². The van der Waals surface area contributed by atoms with Crippen LogP contribution in [-0.2, 0) is 40.1 Å². The summed E-state index contributed by atoms with van der Waals surface area (Å²) in [6.07, 6.45) is 2.16. The Bertz CT molecular complexity index is 243. The fourth-order valence-electron chi connectivity index (χ4n) is 3.13. The third kappa shape index (κ3) is 1.11. The smallest absolute Gasteiger partial charge is 0.309 e. The second-order valence-corrected chi connectivity index (χ2v) is 4.03. The van der Waals surface area contributed by atoms with Crippen LogP contribution in [0.4, 0.5) is 0 Å². The maximum atomic E-state index is 11.3. The number of ether oxygens (including phenoxy) is 2. The van der Waals surface area contributed by atoms with Gasteiger partial charge in [0, 0.05) is 31.8 Å². The van der Waals surface area contributed by atoms with Gasteiger partial charge in [0.1, 0.15) is 6.10 Å². The summed E-state index contributed by atoms with van der Waals surface area (Å²) in [5.41, 5.74) is 0. The monoisotopic (exact) mass is 212 g/mol. The first kappa shape index (κ1) is 9.84. The molecule has 5 atom stereocenters. The van der Waals surface area contributed by atoms with Crippen LogP contribution >= 0.6 is 0 Å². The third-order valence-corrected chi connectivity index (χ3v) is 3.61. The van der Waals surface area contributed by atoms with Gasteiger partial charge in [-0.2, -0.15) is 0 Å². The fraction of sp³-hybridized carbons (Fsp3) is 0.778. The van der Waals surface area contributed by atoms with Crippen LogP contribution in [0.1, 0.15) is 12.8 Å². The Kier molecular flexibility index (Phi) is 2.39. The summed E-state index contributed by atoms with van der Waals surface area (Å²) in [6.45, 7) is 0. The minimum Gasteiger partial charge on any atom is -0.550 e. The van der Waals surface area contributed by atoms with Crippen molar-refractivity contribution in [1.29, 1.82) is 0 Å². The summed E-state index contributed by atoms with van der Waals surface area (Å²) < 4.78 is 10.3. The average Bonchev–Trinajstić information content (AvgIpc) is 2.63. The molecule has 1 aliphatic heterocycles. The summed E-state index contributed by atoms with van der Waals surface area (Å²) in [5.74, 6) is 1.14. The van der Waals surface area contributed by atoms with E-state index >= 15 is 0 Å². The van der Waals surface area contributed by atoms with Gasteiger partial charge in [0.2, 0.25) is 0 Å². The Morgan fingerprint density at radius 2 is 2.23 bits per heavy atom. The molecule has 13 heavy (non-hydrogen) atoms. The Morgan fingerprint density at radius 1 is 1.46 bits per heavy atom. The van der Waals surface area contributed by atoms with Crippen molar-refractivity contribution in [2.24, 2.45) is 17.8 Å². The molecule has 69 valence electrons. The van der Waals surface area contributed by atoms with Crippen molar-refractivity contribution in [3.8, 4) is 0 Å². The molecule has 1 heterocycles. The molecule has 0 aromatic rings. The van der Waals surface area contributed by atoms with Gasteiger partial charge >= 0.3 is 5.97 Å². The van der Waals surface area contributed by atoms with E-state index in [1.807, 2.05) is 0 Å². The van der Waals surface area contributed by atoms with Gasteiger partial charge in [0.25, 0.3) is 0 Å². The number of fused-ring (bicyclic) bond motifs is 1. The molecule has 3 nitrogen and oxygen atoms in total. The Labute approximate surface area is 95.9 Å². The van der Waals surface area contributed by atoms with Gasteiger partial charge in [-0.05, 0) is 18.8 Å². The number of rotatable bonds is 1. The molecule has 4 heteroatoms. The molecule has 0 amide bonds. The van der Waals surface area contributed by atoms with E-state index in [-0.39, 0.29) is 49.9 Å². The van der Waals surface area contributed by atoms with E-state index < -0.39 is 0 Å². The van der Waals surface area contributed by atoms with Gasteiger partial charge in [-0.3, -0.25) is 4.79 Å². The predicted molar refractivity (Wildman–Crippen MR) is 39.8 cm³/mol. The zero-order valence-electron chi connectivity index (χ0n) is 7.31. The van der Waals surface area contributed by atoms with Crippen molar-refractivity contribution < 1.29 is 40.1 Å². The van der Waals surface area contributed by atoms with Gasteiger partial charge < -0.3 is 9.47 Å². The molecule has 2 aliphatic carbocycles. The molecule has 3 rings (SSSR count). The summed E-state index contributed by atoms with van der Waals surface area (Å²) in [5, 5.41) is 0. The molecule has 1 saturated heterocycles. The number of hydrogen-bond acceptors (Lipinski definition) is 3. The third-order valence-electron chi connectivity index (χ3n) is 3.61. The van der Waals surface area contributed by atoms with E-state index in [0.29, 0.717) is 11.8 Å². The topological polar surface area (TPSA) is 35.5 Å². The van der Waals surface area contributed by atoms with Crippen LogP contribution in [0.25, 0.3) is 0 Å². The quantitative estimate of drug-likeness (QED) is 0.475. The van der Waals surface area contributed by atoms with Crippen LogP contribution < -0.4 is 0 Å². The van der Waals surface area contributed by atoms with Crippen molar-refractivity contribution in [2.75, 3.05) is 0 Å². The Hall–Kier alpha value is 0.300. The van der Waals surface area contributed by atoms with Crippen LogP contribution in [0.15, 0.2) is 0 Å². The summed E-state index contributed by atoms with van der Waals surface area (Å²) in [6, 6.07) is 0. The molecule has 3 fully saturated rings.